The number of carbonyl (C=O) groups excluding carboxylic acids is 1. The minimum absolute atomic E-state index is 0.154. The van der Waals surface area contributed by atoms with Gasteiger partial charge in [-0.25, -0.2) is 4.98 Å². The lowest BCUT2D eigenvalue weighted by molar-refractivity contribution is -0.125. The Morgan fingerprint density at radius 1 is 1.50 bits per heavy atom. The monoisotopic (exact) mass is 319 g/mol. The van der Waals surface area contributed by atoms with E-state index in [1.165, 1.54) is 0 Å². The maximum absolute atomic E-state index is 11.7. The fourth-order valence-corrected chi connectivity index (χ4v) is 3.50. The first-order chi connectivity index (χ1) is 10.7. The van der Waals surface area contributed by atoms with E-state index in [0.29, 0.717) is 5.89 Å². The molecule has 0 atom stereocenters. The van der Waals surface area contributed by atoms with Gasteiger partial charge in [-0.1, -0.05) is 6.07 Å². The molecule has 1 aliphatic rings. The van der Waals surface area contributed by atoms with Crippen molar-refractivity contribution in [1.29, 1.82) is 0 Å². The number of hydrogen-bond donors (Lipinski definition) is 1. The van der Waals surface area contributed by atoms with Crippen molar-refractivity contribution in [3.63, 3.8) is 0 Å². The number of likely N-dealkylation sites (tertiary alicyclic amines) is 1. The van der Waals surface area contributed by atoms with E-state index >= 15 is 0 Å². The summed E-state index contributed by atoms with van der Waals surface area (Å²) < 4.78 is 5.79. The van der Waals surface area contributed by atoms with E-state index in [9.17, 15) is 4.79 Å². The highest BCUT2D eigenvalue weighted by Gasteiger charge is 2.25. The van der Waals surface area contributed by atoms with Crippen molar-refractivity contribution in [3.05, 3.63) is 29.0 Å². The van der Waals surface area contributed by atoms with Crippen LogP contribution in [0.25, 0.3) is 10.8 Å². The van der Waals surface area contributed by atoms with Crippen LogP contribution in [0.3, 0.4) is 0 Å². The van der Waals surface area contributed by atoms with Gasteiger partial charge in [-0.15, -0.1) is 11.3 Å². The standard InChI is InChI=1S/C16H21N3O2S/c1-11-13(18-16(21-11)14-4-3-9-22-14)10-19-7-5-12(6-8-19)15(20)17-2/h3-4,9,12H,5-8,10H2,1-2H3,(H,17,20). The van der Waals surface area contributed by atoms with Crippen LogP contribution in [0.2, 0.25) is 0 Å². The molecule has 118 valence electrons. The largest absolute Gasteiger partial charge is 0.440 e. The van der Waals surface area contributed by atoms with Gasteiger partial charge in [-0.3, -0.25) is 9.69 Å². The van der Waals surface area contributed by atoms with E-state index in [1.807, 2.05) is 24.4 Å². The fraction of sp³-hybridized carbons (Fsp3) is 0.500. The average Bonchev–Trinajstić information content (AvgIpc) is 3.18. The highest BCUT2D eigenvalue weighted by atomic mass is 32.1. The summed E-state index contributed by atoms with van der Waals surface area (Å²) in [6, 6.07) is 4.03. The van der Waals surface area contributed by atoms with Crippen molar-refractivity contribution in [3.8, 4) is 10.8 Å². The summed E-state index contributed by atoms with van der Waals surface area (Å²) in [6.45, 7) is 4.62. The van der Waals surface area contributed by atoms with E-state index in [1.54, 1.807) is 18.4 Å². The summed E-state index contributed by atoms with van der Waals surface area (Å²) in [5.74, 6) is 1.91. The maximum atomic E-state index is 11.7. The molecular formula is C16H21N3O2S. The van der Waals surface area contributed by atoms with E-state index in [2.05, 4.69) is 15.2 Å². The number of hydrogen-bond acceptors (Lipinski definition) is 5. The molecule has 1 saturated heterocycles. The number of piperidine rings is 1. The van der Waals surface area contributed by atoms with E-state index in [4.69, 9.17) is 4.42 Å². The van der Waals surface area contributed by atoms with Gasteiger partial charge in [0.25, 0.3) is 0 Å². The molecule has 22 heavy (non-hydrogen) atoms. The number of amides is 1. The van der Waals surface area contributed by atoms with Gasteiger partial charge in [0.1, 0.15) is 5.76 Å². The van der Waals surface area contributed by atoms with Gasteiger partial charge in [0.05, 0.1) is 10.6 Å². The molecule has 0 saturated carbocycles. The lowest BCUT2D eigenvalue weighted by atomic mass is 9.96. The van der Waals surface area contributed by atoms with Gasteiger partial charge in [0, 0.05) is 19.5 Å². The summed E-state index contributed by atoms with van der Waals surface area (Å²) >= 11 is 1.64. The minimum atomic E-state index is 0.154. The zero-order chi connectivity index (χ0) is 15.5. The molecule has 3 heterocycles. The van der Waals surface area contributed by atoms with Crippen LogP contribution >= 0.6 is 11.3 Å². The Hall–Kier alpha value is -1.66. The number of rotatable bonds is 4. The van der Waals surface area contributed by atoms with Gasteiger partial charge in [-0.05, 0) is 44.3 Å². The number of carbonyl (C=O) groups is 1. The van der Waals surface area contributed by atoms with Crippen molar-refractivity contribution in [1.82, 2.24) is 15.2 Å². The van der Waals surface area contributed by atoms with Crippen LogP contribution < -0.4 is 5.32 Å². The Labute approximate surface area is 134 Å². The third-order valence-corrected chi connectivity index (χ3v) is 5.06. The number of nitrogens with zero attached hydrogens (tertiary/aromatic N) is 2. The van der Waals surface area contributed by atoms with Crippen LogP contribution in [0.1, 0.15) is 24.3 Å². The quantitative estimate of drug-likeness (QED) is 0.941. The highest BCUT2D eigenvalue weighted by Crippen LogP contribution is 2.27. The molecule has 5 nitrogen and oxygen atoms in total. The number of thiophene rings is 1. The number of nitrogens with one attached hydrogen (secondary N) is 1. The van der Waals surface area contributed by atoms with Crippen LogP contribution in [0.4, 0.5) is 0 Å². The lowest BCUT2D eigenvalue weighted by Crippen LogP contribution is -2.39. The Morgan fingerprint density at radius 3 is 2.91 bits per heavy atom. The topological polar surface area (TPSA) is 58.4 Å². The molecule has 2 aromatic rings. The summed E-state index contributed by atoms with van der Waals surface area (Å²) in [4.78, 5) is 19.7. The van der Waals surface area contributed by atoms with Crippen LogP contribution in [-0.2, 0) is 11.3 Å². The number of aryl methyl sites for hydroxylation is 1. The van der Waals surface area contributed by atoms with E-state index in [-0.39, 0.29) is 11.8 Å². The molecule has 6 heteroatoms. The highest BCUT2D eigenvalue weighted by molar-refractivity contribution is 7.13. The minimum Gasteiger partial charge on any atom is -0.440 e. The lowest BCUT2D eigenvalue weighted by Gasteiger charge is -2.30. The average molecular weight is 319 g/mol. The normalized spacial score (nSPS) is 16.8. The fourth-order valence-electron chi connectivity index (χ4n) is 2.85. The maximum Gasteiger partial charge on any atom is 0.236 e. The second-order valence-electron chi connectivity index (χ2n) is 5.66. The second-order valence-corrected chi connectivity index (χ2v) is 6.61. The SMILES string of the molecule is CNC(=O)C1CCN(Cc2nc(-c3cccs3)oc2C)CC1. The Bertz CT molecular complexity index is 628. The molecule has 0 aliphatic carbocycles. The zero-order valence-corrected chi connectivity index (χ0v) is 13.8. The van der Waals surface area contributed by atoms with E-state index < -0.39 is 0 Å². The van der Waals surface area contributed by atoms with Crippen molar-refractivity contribution >= 4 is 17.2 Å². The Morgan fingerprint density at radius 2 is 2.27 bits per heavy atom. The van der Waals surface area contributed by atoms with E-state index in [0.717, 1.165) is 48.8 Å². The van der Waals surface area contributed by atoms with Crippen LogP contribution in [0.5, 0.6) is 0 Å². The molecule has 2 aromatic heterocycles. The van der Waals surface area contributed by atoms with Crippen molar-refractivity contribution < 1.29 is 9.21 Å². The number of oxazole rings is 1. The molecule has 3 rings (SSSR count). The molecule has 0 bridgehead atoms. The van der Waals surface area contributed by atoms with Crippen LogP contribution in [-0.4, -0.2) is 35.9 Å². The molecule has 1 aliphatic heterocycles. The molecule has 1 fully saturated rings. The molecule has 0 unspecified atom stereocenters. The van der Waals surface area contributed by atoms with Crippen LogP contribution in [0.15, 0.2) is 21.9 Å². The molecular weight excluding hydrogens is 298 g/mol. The summed E-state index contributed by atoms with van der Waals surface area (Å²) in [5, 5.41) is 4.77. The predicted octanol–water partition coefficient (Wildman–Crippen LogP) is 2.67. The van der Waals surface area contributed by atoms with Gasteiger partial charge in [0.15, 0.2) is 0 Å². The predicted molar refractivity (Wildman–Crippen MR) is 86.6 cm³/mol. The molecule has 1 amide bonds. The summed E-state index contributed by atoms with van der Waals surface area (Å²) in [7, 11) is 1.71. The first-order valence-electron chi connectivity index (χ1n) is 7.61. The Kier molecular flexibility index (Phi) is 4.59. The van der Waals surface area contributed by atoms with Crippen LogP contribution in [0, 0.1) is 12.8 Å². The summed E-state index contributed by atoms with van der Waals surface area (Å²) in [5.41, 5.74) is 1.00. The first-order valence-corrected chi connectivity index (χ1v) is 8.49. The Balaban J connectivity index is 1.62. The first kappa shape index (κ1) is 15.2. The molecule has 0 spiro atoms. The second kappa shape index (κ2) is 6.62. The van der Waals surface area contributed by atoms with Gasteiger partial charge in [0.2, 0.25) is 11.8 Å². The van der Waals surface area contributed by atoms with Gasteiger partial charge < -0.3 is 9.73 Å². The zero-order valence-electron chi connectivity index (χ0n) is 13.0. The summed E-state index contributed by atoms with van der Waals surface area (Å²) in [6.07, 6.45) is 1.82. The molecule has 1 N–H and O–H groups in total. The van der Waals surface area contributed by atoms with Crippen molar-refractivity contribution in [2.24, 2.45) is 5.92 Å². The third-order valence-electron chi connectivity index (χ3n) is 4.20. The molecule has 0 aromatic carbocycles. The smallest absolute Gasteiger partial charge is 0.236 e. The number of aromatic nitrogens is 1. The van der Waals surface area contributed by atoms with Crippen molar-refractivity contribution in [2.75, 3.05) is 20.1 Å². The van der Waals surface area contributed by atoms with Gasteiger partial charge >= 0.3 is 0 Å². The van der Waals surface area contributed by atoms with Gasteiger partial charge in [-0.2, -0.15) is 0 Å². The third kappa shape index (κ3) is 3.23. The van der Waals surface area contributed by atoms with Crippen molar-refractivity contribution in [2.45, 2.75) is 26.3 Å². The molecule has 0 radical (unpaired) electrons.